The number of hydrogen-bond acceptors (Lipinski definition) is 5. The van der Waals surface area contributed by atoms with E-state index in [4.69, 9.17) is 9.47 Å². The van der Waals surface area contributed by atoms with Gasteiger partial charge in [-0.15, -0.1) is 0 Å². The van der Waals surface area contributed by atoms with E-state index in [9.17, 15) is 9.59 Å². The molecular formula is C26H24N2O4. The van der Waals surface area contributed by atoms with Gasteiger partial charge in [-0.05, 0) is 59.4 Å². The third-order valence-corrected chi connectivity index (χ3v) is 7.39. The van der Waals surface area contributed by atoms with Gasteiger partial charge in [0.15, 0.2) is 11.5 Å². The smallest absolute Gasteiger partial charge is 0.254 e. The van der Waals surface area contributed by atoms with Crippen molar-refractivity contribution in [2.45, 2.75) is 13.0 Å². The van der Waals surface area contributed by atoms with Crippen molar-refractivity contribution < 1.29 is 19.1 Å². The molecule has 162 valence electrons. The van der Waals surface area contributed by atoms with Crippen LogP contribution in [0.2, 0.25) is 0 Å². The SMILES string of the molecule is COc1cc(/C=N/N2C(=O)C3C4C=CC(C5CC45)C3C2=O)ccc1OCc1ccccc1. The molecule has 0 N–H and O–H groups in total. The lowest BCUT2D eigenvalue weighted by atomic mass is 9.63. The van der Waals surface area contributed by atoms with E-state index in [-0.39, 0.29) is 35.5 Å². The molecule has 2 amide bonds. The lowest BCUT2D eigenvalue weighted by Gasteiger charge is -2.37. The number of hydrazone groups is 1. The normalized spacial score (nSPS) is 31.7. The number of rotatable bonds is 6. The predicted molar refractivity (Wildman–Crippen MR) is 118 cm³/mol. The average molecular weight is 428 g/mol. The predicted octanol–water partition coefficient (Wildman–Crippen LogP) is 3.66. The van der Waals surface area contributed by atoms with Gasteiger partial charge in [0.25, 0.3) is 11.8 Å². The molecule has 6 nitrogen and oxygen atoms in total. The molecule has 4 aliphatic carbocycles. The van der Waals surface area contributed by atoms with Crippen LogP contribution < -0.4 is 9.47 Å². The first-order valence-corrected chi connectivity index (χ1v) is 11.1. The Morgan fingerprint density at radius 3 is 2.31 bits per heavy atom. The summed E-state index contributed by atoms with van der Waals surface area (Å²) in [6.45, 7) is 0.433. The second-order valence-corrected chi connectivity index (χ2v) is 9.07. The largest absolute Gasteiger partial charge is 0.493 e. The molecule has 7 rings (SSSR count). The van der Waals surface area contributed by atoms with Gasteiger partial charge in [0.05, 0.1) is 25.2 Å². The summed E-state index contributed by atoms with van der Waals surface area (Å²) >= 11 is 0. The van der Waals surface area contributed by atoms with E-state index >= 15 is 0 Å². The lowest BCUT2D eigenvalue weighted by molar-refractivity contribution is -0.140. The lowest BCUT2D eigenvalue weighted by Crippen LogP contribution is -2.40. The van der Waals surface area contributed by atoms with Crippen molar-refractivity contribution >= 4 is 18.0 Å². The van der Waals surface area contributed by atoms with Crippen LogP contribution in [0, 0.1) is 35.5 Å². The second kappa shape index (κ2) is 7.33. The number of methoxy groups -OCH3 is 1. The summed E-state index contributed by atoms with van der Waals surface area (Å²) in [5.41, 5.74) is 1.79. The zero-order valence-electron chi connectivity index (χ0n) is 17.8. The molecule has 6 unspecified atom stereocenters. The Kier molecular flexibility index (Phi) is 4.42. The first kappa shape index (κ1) is 19.3. The number of ether oxygens (including phenoxy) is 2. The van der Waals surface area contributed by atoms with E-state index in [1.54, 1.807) is 19.4 Å². The van der Waals surface area contributed by atoms with Crippen LogP contribution in [0.4, 0.5) is 0 Å². The maximum Gasteiger partial charge on any atom is 0.254 e. The number of hydrogen-bond donors (Lipinski definition) is 0. The highest BCUT2D eigenvalue weighted by Crippen LogP contribution is 2.65. The molecule has 0 aromatic heterocycles. The van der Waals surface area contributed by atoms with Gasteiger partial charge in [0.1, 0.15) is 6.61 Å². The van der Waals surface area contributed by atoms with Crippen LogP contribution in [0.25, 0.3) is 0 Å². The fourth-order valence-electron chi connectivity index (χ4n) is 5.80. The topological polar surface area (TPSA) is 68.2 Å². The van der Waals surface area contributed by atoms with Crippen molar-refractivity contribution in [3.63, 3.8) is 0 Å². The Labute approximate surface area is 186 Å². The summed E-state index contributed by atoms with van der Waals surface area (Å²) in [7, 11) is 1.58. The summed E-state index contributed by atoms with van der Waals surface area (Å²) in [5.74, 6) is 1.98. The van der Waals surface area contributed by atoms with E-state index in [0.717, 1.165) is 22.6 Å². The molecule has 32 heavy (non-hydrogen) atoms. The number of carbonyl (C=O) groups is 2. The number of allylic oxidation sites excluding steroid dienone is 2. The van der Waals surface area contributed by atoms with Gasteiger partial charge in [-0.2, -0.15) is 10.1 Å². The van der Waals surface area contributed by atoms with Gasteiger partial charge < -0.3 is 9.47 Å². The first-order valence-electron chi connectivity index (χ1n) is 11.1. The zero-order chi connectivity index (χ0) is 21.8. The summed E-state index contributed by atoms with van der Waals surface area (Å²) in [5, 5.41) is 5.40. The van der Waals surface area contributed by atoms with Gasteiger partial charge >= 0.3 is 0 Å². The van der Waals surface area contributed by atoms with Crippen molar-refractivity contribution in [3.8, 4) is 11.5 Å². The second-order valence-electron chi connectivity index (χ2n) is 9.07. The number of imide groups is 1. The molecule has 5 aliphatic rings. The van der Waals surface area contributed by atoms with Crippen LogP contribution in [0.5, 0.6) is 11.5 Å². The van der Waals surface area contributed by atoms with Crippen molar-refractivity contribution in [2.24, 2.45) is 40.6 Å². The molecule has 3 fully saturated rings. The van der Waals surface area contributed by atoms with Gasteiger partial charge in [0.2, 0.25) is 0 Å². The minimum atomic E-state index is -0.235. The van der Waals surface area contributed by atoms with Crippen molar-refractivity contribution in [3.05, 3.63) is 71.8 Å². The molecule has 1 heterocycles. The number of carbonyl (C=O) groups excluding carboxylic acids is 2. The Morgan fingerprint density at radius 2 is 1.66 bits per heavy atom. The molecule has 2 saturated carbocycles. The summed E-state index contributed by atoms with van der Waals surface area (Å²) < 4.78 is 11.4. The molecular weight excluding hydrogens is 404 g/mol. The van der Waals surface area contributed by atoms with Gasteiger partial charge in [-0.25, -0.2) is 0 Å². The minimum Gasteiger partial charge on any atom is -0.493 e. The highest BCUT2D eigenvalue weighted by molar-refractivity contribution is 6.06. The molecule has 2 bridgehead atoms. The molecule has 2 aromatic carbocycles. The number of benzene rings is 2. The molecule has 1 saturated heterocycles. The van der Waals surface area contributed by atoms with E-state index in [1.807, 2.05) is 42.5 Å². The maximum absolute atomic E-state index is 13.0. The van der Waals surface area contributed by atoms with Crippen molar-refractivity contribution in [2.75, 3.05) is 7.11 Å². The van der Waals surface area contributed by atoms with Crippen LogP contribution >= 0.6 is 0 Å². The Balaban J connectivity index is 1.18. The van der Waals surface area contributed by atoms with E-state index in [2.05, 4.69) is 17.3 Å². The quantitative estimate of drug-likeness (QED) is 0.400. The fourth-order valence-corrected chi connectivity index (χ4v) is 5.80. The summed E-state index contributed by atoms with van der Waals surface area (Å²) in [4.78, 5) is 26.1. The number of nitrogens with zero attached hydrogens (tertiary/aromatic N) is 2. The zero-order valence-corrected chi connectivity index (χ0v) is 17.8. The first-order chi connectivity index (χ1) is 15.7. The Morgan fingerprint density at radius 1 is 0.969 bits per heavy atom. The standard InChI is InChI=1S/C26H24N2O4/c1-31-22-11-16(7-10-21(22)32-14-15-5-3-2-4-6-15)13-27-28-25(29)23-17-8-9-18(20-12-19(17)20)24(23)26(28)30/h2-11,13,17-20,23-24H,12,14H2,1H3/b27-13+. The highest BCUT2D eigenvalue weighted by atomic mass is 16.5. The summed E-state index contributed by atoms with van der Waals surface area (Å²) in [6.07, 6.45) is 7.03. The fraction of sp³-hybridized carbons (Fsp3) is 0.346. The highest BCUT2D eigenvalue weighted by Gasteiger charge is 2.67. The average Bonchev–Trinajstić information content (AvgIpc) is 3.61. The van der Waals surface area contributed by atoms with Gasteiger partial charge in [-0.1, -0.05) is 42.5 Å². The van der Waals surface area contributed by atoms with Crippen LogP contribution in [0.3, 0.4) is 0 Å². The maximum atomic E-state index is 13.0. The third-order valence-electron chi connectivity index (χ3n) is 7.39. The van der Waals surface area contributed by atoms with Crippen LogP contribution in [-0.2, 0) is 16.2 Å². The third kappa shape index (κ3) is 2.97. The van der Waals surface area contributed by atoms with Gasteiger partial charge in [-0.3, -0.25) is 9.59 Å². The van der Waals surface area contributed by atoms with Crippen molar-refractivity contribution in [1.82, 2.24) is 5.01 Å². The van der Waals surface area contributed by atoms with E-state index in [1.165, 1.54) is 0 Å². The molecule has 6 heteroatoms. The van der Waals surface area contributed by atoms with Crippen molar-refractivity contribution in [1.29, 1.82) is 0 Å². The molecule has 0 radical (unpaired) electrons. The van der Waals surface area contributed by atoms with Crippen LogP contribution in [0.1, 0.15) is 17.5 Å². The minimum absolute atomic E-state index is 0.157. The Bertz CT molecular complexity index is 1110. The van der Waals surface area contributed by atoms with E-state index < -0.39 is 0 Å². The number of amides is 2. The van der Waals surface area contributed by atoms with Gasteiger partial charge in [0, 0.05) is 0 Å². The monoisotopic (exact) mass is 428 g/mol. The Hall–Kier alpha value is -3.41. The van der Waals surface area contributed by atoms with Crippen LogP contribution in [-0.4, -0.2) is 30.1 Å². The molecule has 2 aromatic rings. The molecule has 0 spiro atoms. The van der Waals surface area contributed by atoms with E-state index in [0.29, 0.717) is 29.9 Å². The molecule has 1 aliphatic heterocycles. The summed E-state index contributed by atoms with van der Waals surface area (Å²) in [6, 6.07) is 15.4. The molecule has 6 atom stereocenters. The van der Waals surface area contributed by atoms with Crippen LogP contribution in [0.15, 0.2) is 65.8 Å².